The number of alkyl halides is 1. The molecule has 0 aliphatic rings. The second-order valence-corrected chi connectivity index (χ2v) is 8.58. The SMILES string of the molecule is CC(C)CCI.CC(C)CCOc1cccc(C=O)c1.O=CO[O-].O=Cc1cccc(O)c1.[Cs+].[Cs+].[H-]. The van der Waals surface area contributed by atoms with Gasteiger partial charge in [0.2, 0.25) is 0 Å². The Morgan fingerprint density at radius 2 is 1.40 bits per heavy atom. The van der Waals surface area contributed by atoms with Crippen molar-refractivity contribution < 1.29 is 174 Å². The molecule has 2 rings (SSSR count). The monoisotopic (exact) mass is 840 g/mol. The molecule has 0 aliphatic heterocycles. The Morgan fingerprint density at radius 1 is 0.914 bits per heavy atom. The van der Waals surface area contributed by atoms with E-state index in [1.165, 1.54) is 23.0 Å². The molecule has 0 heterocycles. The molecule has 0 atom stereocenters. The van der Waals surface area contributed by atoms with Gasteiger partial charge in [0.15, 0.2) is 0 Å². The molecule has 2 aromatic carbocycles. The van der Waals surface area contributed by atoms with Crippen molar-refractivity contribution in [1.82, 2.24) is 0 Å². The van der Waals surface area contributed by atoms with Crippen LogP contribution < -0.4 is 148 Å². The van der Waals surface area contributed by atoms with E-state index in [0.717, 1.165) is 24.4 Å². The van der Waals surface area contributed by atoms with Crippen LogP contribution in [0.1, 0.15) is 62.7 Å². The summed E-state index contributed by atoms with van der Waals surface area (Å²) < 4.78 is 6.80. The number of aldehydes is 2. The summed E-state index contributed by atoms with van der Waals surface area (Å²) >= 11 is 2.40. The van der Waals surface area contributed by atoms with Crippen molar-refractivity contribution in [2.75, 3.05) is 11.0 Å². The van der Waals surface area contributed by atoms with Crippen molar-refractivity contribution in [3.05, 3.63) is 59.7 Å². The molecule has 35 heavy (non-hydrogen) atoms. The fourth-order valence-electron chi connectivity index (χ4n) is 1.91. The minimum absolute atomic E-state index is 0. The Morgan fingerprint density at radius 3 is 1.74 bits per heavy atom. The zero-order chi connectivity index (χ0) is 25.5. The molecule has 0 saturated heterocycles. The number of hydrogen-bond donors (Lipinski definition) is 1. The van der Waals surface area contributed by atoms with Gasteiger partial charge in [0.1, 0.15) is 24.1 Å². The van der Waals surface area contributed by atoms with Crippen molar-refractivity contribution in [2.45, 2.75) is 40.5 Å². The molecule has 1 N–H and O–H groups in total. The van der Waals surface area contributed by atoms with Gasteiger partial charge in [0.05, 0.1) is 6.61 Å². The van der Waals surface area contributed by atoms with Gasteiger partial charge in [0.25, 0.3) is 6.47 Å². The number of carbonyl (C=O) groups excluding carboxylic acids is 3. The van der Waals surface area contributed by atoms with Crippen molar-refractivity contribution in [2.24, 2.45) is 11.8 Å². The quantitative estimate of drug-likeness (QED) is 0.115. The molecular formula is C25H35Cs2IO7. The summed E-state index contributed by atoms with van der Waals surface area (Å²) in [6.45, 7) is 9.34. The van der Waals surface area contributed by atoms with Crippen LogP contribution in [0.5, 0.6) is 11.5 Å². The summed E-state index contributed by atoms with van der Waals surface area (Å²) in [6.07, 6.45) is 3.92. The third kappa shape index (κ3) is 31.8. The van der Waals surface area contributed by atoms with Gasteiger partial charge in [0, 0.05) is 11.1 Å². The van der Waals surface area contributed by atoms with Gasteiger partial charge >= 0.3 is 138 Å². The van der Waals surface area contributed by atoms with Gasteiger partial charge in [-0.2, -0.15) is 0 Å². The molecule has 186 valence electrons. The molecule has 0 radical (unpaired) electrons. The Kier molecular flexibility index (Phi) is 39.8. The molecular weight excluding hydrogens is 805 g/mol. The third-order valence-corrected chi connectivity index (χ3v) is 4.31. The van der Waals surface area contributed by atoms with Gasteiger partial charge in [-0.3, -0.25) is 14.4 Å². The largest absolute Gasteiger partial charge is 1.00 e. The number of phenols is 1. The van der Waals surface area contributed by atoms with E-state index in [9.17, 15) is 9.59 Å². The molecule has 0 aliphatic carbocycles. The predicted octanol–water partition coefficient (Wildman–Crippen LogP) is -0.849. The number of carbonyl (C=O) groups is 3. The van der Waals surface area contributed by atoms with E-state index in [-0.39, 0.29) is 151 Å². The van der Waals surface area contributed by atoms with E-state index < -0.39 is 0 Å². The van der Waals surface area contributed by atoms with Gasteiger partial charge in [-0.1, -0.05) is 74.6 Å². The first kappa shape index (κ1) is 43.7. The first-order valence-corrected chi connectivity index (χ1v) is 12.0. The number of ether oxygens (including phenoxy) is 1. The summed E-state index contributed by atoms with van der Waals surface area (Å²) in [5.74, 6) is 2.43. The summed E-state index contributed by atoms with van der Waals surface area (Å²) in [6, 6.07) is 13.4. The van der Waals surface area contributed by atoms with E-state index in [1.807, 2.05) is 12.1 Å². The molecule has 0 aromatic heterocycles. The fraction of sp³-hybridized carbons (Fsp3) is 0.400. The van der Waals surface area contributed by atoms with Crippen LogP contribution in [0.15, 0.2) is 48.5 Å². The fourth-order valence-corrected chi connectivity index (χ4v) is 3.15. The number of halogens is 1. The molecule has 2 aromatic rings. The average molecular weight is 840 g/mol. The van der Waals surface area contributed by atoms with Crippen LogP contribution in [-0.2, 0) is 9.68 Å². The van der Waals surface area contributed by atoms with E-state index in [0.29, 0.717) is 29.9 Å². The number of aromatic hydroxyl groups is 1. The minimum atomic E-state index is -0.181. The molecule has 0 unspecified atom stereocenters. The molecule has 0 saturated carbocycles. The van der Waals surface area contributed by atoms with Gasteiger partial charge in [-0.05, 0) is 53.4 Å². The first-order chi connectivity index (χ1) is 15.7. The smallest absolute Gasteiger partial charge is 1.00 e. The first-order valence-electron chi connectivity index (χ1n) is 10.4. The van der Waals surface area contributed by atoms with E-state index in [1.54, 1.807) is 24.3 Å². The molecule has 0 fully saturated rings. The number of hydrogen-bond acceptors (Lipinski definition) is 7. The Bertz CT molecular complexity index is 782. The maximum atomic E-state index is 10.5. The van der Waals surface area contributed by atoms with E-state index in [4.69, 9.17) is 19.9 Å². The summed E-state index contributed by atoms with van der Waals surface area (Å²) in [4.78, 5) is 31.8. The summed E-state index contributed by atoms with van der Waals surface area (Å²) in [5, 5.41) is 17.2. The van der Waals surface area contributed by atoms with Crippen molar-refractivity contribution in [3.63, 3.8) is 0 Å². The molecule has 7 nitrogen and oxygen atoms in total. The second kappa shape index (κ2) is 31.9. The van der Waals surface area contributed by atoms with Gasteiger partial charge in [-0.25, -0.2) is 0 Å². The van der Waals surface area contributed by atoms with Crippen LogP contribution in [0.25, 0.3) is 0 Å². The zero-order valence-corrected chi connectivity index (χ0v) is 36.3. The molecule has 0 bridgehead atoms. The zero-order valence-electron chi connectivity index (χ0n) is 22.6. The van der Waals surface area contributed by atoms with Gasteiger partial charge in [-0.15, -0.1) is 0 Å². The van der Waals surface area contributed by atoms with Crippen LogP contribution in [0.4, 0.5) is 0 Å². The van der Waals surface area contributed by atoms with Crippen LogP contribution in [-0.4, -0.2) is 35.2 Å². The van der Waals surface area contributed by atoms with Crippen molar-refractivity contribution >= 4 is 41.6 Å². The minimum Gasteiger partial charge on any atom is -1.00 e. The van der Waals surface area contributed by atoms with Crippen LogP contribution >= 0.6 is 22.6 Å². The number of phenolic OH excluding ortho intramolecular Hbond substituents is 1. The topological polar surface area (TPSA) is 113 Å². The molecule has 0 amide bonds. The Balaban J connectivity index is -0.000000127. The summed E-state index contributed by atoms with van der Waals surface area (Å²) in [5.41, 5.74) is 1.15. The standard InChI is InChI=1S/C12H16O2.C7H6O2.C5H11I.CH2O3.2Cs.H/c1-10(2)6-7-14-12-5-3-4-11(8-12)9-13;8-5-6-2-1-3-7(9)4-6;1-5(2)3-4-6;2-1-4-3;;;/h3-5,8-10H,6-7H2,1-2H3;1-5,9H;5H,3-4H2,1-2H3;1,3H;;;/q;;;;2*+1;-1/p-1. The average Bonchev–Trinajstić information content (AvgIpc) is 2.80. The summed E-state index contributed by atoms with van der Waals surface area (Å²) in [7, 11) is 0. The molecule has 10 heteroatoms. The van der Waals surface area contributed by atoms with Crippen LogP contribution in [0, 0.1) is 11.8 Å². The third-order valence-electron chi connectivity index (χ3n) is 3.69. The van der Waals surface area contributed by atoms with Crippen molar-refractivity contribution in [1.29, 1.82) is 0 Å². The Labute approximate surface area is 342 Å². The van der Waals surface area contributed by atoms with Crippen LogP contribution in [0.3, 0.4) is 0 Å². The number of benzene rings is 2. The van der Waals surface area contributed by atoms with Crippen LogP contribution in [0.2, 0.25) is 0 Å². The van der Waals surface area contributed by atoms with Crippen molar-refractivity contribution in [3.8, 4) is 11.5 Å². The van der Waals surface area contributed by atoms with E-state index in [2.05, 4.69) is 55.2 Å². The van der Waals surface area contributed by atoms with Gasteiger partial charge < -0.3 is 21.4 Å². The normalized spacial score (nSPS) is 8.69. The Hall–Kier alpha value is 1.64. The molecule has 0 spiro atoms. The number of rotatable bonds is 9. The predicted molar refractivity (Wildman–Crippen MR) is 137 cm³/mol. The maximum Gasteiger partial charge on any atom is 1.00 e. The van der Waals surface area contributed by atoms with E-state index >= 15 is 0 Å². The maximum absolute atomic E-state index is 10.5. The second-order valence-electron chi connectivity index (χ2n) is 7.50.